The first kappa shape index (κ1) is 20.1. The van der Waals surface area contributed by atoms with Crippen molar-refractivity contribution in [2.24, 2.45) is 0 Å². The maximum absolute atomic E-state index is 12.0. The summed E-state index contributed by atoms with van der Waals surface area (Å²) in [4.78, 5) is 23.8. The zero-order valence-electron chi connectivity index (χ0n) is 15.5. The van der Waals surface area contributed by atoms with E-state index >= 15 is 0 Å². The Balaban J connectivity index is 1.74. The number of carbonyl (C=O) groups excluding carboxylic acids is 2. The van der Waals surface area contributed by atoms with Crippen molar-refractivity contribution in [3.8, 4) is 5.75 Å². The number of amides is 2. The summed E-state index contributed by atoms with van der Waals surface area (Å²) in [5.41, 5.74) is 2.32. The highest BCUT2D eigenvalue weighted by atomic mass is 16.5. The van der Waals surface area contributed by atoms with Crippen LogP contribution in [-0.2, 0) is 20.9 Å². The Bertz CT molecular complexity index is 808. The van der Waals surface area contributed by atoms with Crippen LogP contribution >= 0.6 is 0 Å². The van der Waals surface area contributed by atoms with E-state index in [1.807, 2.05) is 54.6 Å². The molecule has 27 heavy (non-hydrogen) atoms. The summed E-state index contributed by atoms with van der Waals surface area (Å²) >= 11 is 0. The topological polar surface area (TPSA) is 64.6 Å². The molecule has 0 bridgehead atoms. The Labute approximate surface area is 159 Å². The average molecular weight is 365 g/mol. The molecule has 0 atom stereocenters. The lowest BCUT2D eigenvalue weighted by Crippen LogP contribution is -2.29. The highest BCUT2D eigenvalue weighted by Crippen LogP contribution is 2.12. The van der Waals surface area contributed by atoms with Gasteiger partial charge < -0.3 is 9.47 Å². The summed E-state index contributed by atoms with van der Waals surface area (Å²) in [6.07, 6.45) is 4.63. The Hall–Kier alpha value is -3.18. The molecule has 0 aliphatic carbocycles. The van der Waals surface area contributed by atoms with Crippen LogP contribution in [-0.4, -0.2) is 25.5 Å². The summed E-state index contributed by atoms with van der Waals surface area (Å²) in [7, 11) is 1.62. The average Bonchev–Trinajstić information content (AvgIpc) is 2.70. The fourth-order valence-electron chi connectivity index (χ4n) is 2.16. The predicted octanol–water partition coefficient (Wildman–Crippen LogP) is 3.51. The molecule has 2 rings (SSSR count). The van der Waals surface area contributed by atoms with Crippen LogP contribution in [0.5, 0.6) is 5.75 Å². The summed E-state index contributed by atoms with van der Waals surface area (Å²) in [5, 5.41) is 2.32. The molecular weight excluding hydrogens is 342 g/mol. The van der Waals surface area contributed by atoms with E-state index in [1.165, 1.54) is 6.08 Å². The SMILES string of the molecule is COc1ccc(COC/C=C(\C)C(=O)NC(=O)/C=C/c2ccccc2)cc1. The molecule has 5 heteroatoms. The lowest BCUT2D eigenvalue weighted by Gasteiger charge is -2.05. The van der Waals surface area contributed by atoms with Gasteiger partial charge in [0.05, 0.1) is 20.3 Å². The molecule has 0 saturated carbocycles. The van der Waals surface area contributed by atoms with Crippen molar-refractivity contribution < 1.29 is 19.1 Å². The number of hydrogen-bond acceptors (Lipinski definition) is 4. The number of rotatable bonds is 8. The van der Waals surface area contributed by atoms with Crippen LogP contribution in [0.2, 0.25) is 0 Å². The first-order valence-corrected chi connectivity index (χ1v) is 8.54. The van der Waals surface area contributed by atoms with E-state index in [2.05, 4.69) is 5.32 Å². The van der Waals surface area contributed by atoms with Crippen LogP contribution in [0, 0.1) is 0 Å². The maximum Gasteiger partial charge on any atom is 0.253 e. The van der Waals surface area contributed by atoms with Crippen molar-refractivity contribution in [3.05, 3.63) is 83.4 Å². The van der Waals surface area contributed by atoms with Gasteiger partial charge in [0.2, 0.25) is 0 Å². The molecule has 0 aromatic heterocycles. The van der Waals surface area contributed by atoms with E-state index in [1.54, 1.807) is 26.2 Å². The number of carbonyl (C=O) groups is 2. The van der Waals surface area contributed by atoms with Gasteiger partial charge in [0.1, 0.15) is 5.75 Å². The second-order valence-electron chi connectivity index (χ2n) is 5.81. The van der Waals surface area contributed by atoms with Gasteiger partial charge in [0.15, 0.2) is 0 Å². The third-order valence-corrected chi connectivity index (χ3v) is 3.76. The fraction of sp³-hybridized carbons (Fsp3) is 0.182. The number of ether oxygens (including phenoxy) is 2. The van der Waals surface area contributed by atoms with Gasteiger partial charge in [-0.25, -0.2) is 0 Å². The van der Waals surface area contributed by atoms with E-state index in [4.69, 9.17) is 9.47 Å². The molecule has 2 amide bonds. The molecule has 1 N–H and O–H groups in total. The quantitative estimate of drug-likeness (QED) is 0.574. The standard InChI is InChI=1S/C22H23NO4/c1-17(14-15-27-16-19-8-11-20(26-2)12-9-19)22(25)23-21(24)13-10-18-6-4-3-5-7-18/h3-14H,15-16H2,1-2H3,(H,23,24,25)/b13-10+,17-14+. The van der Waals surface area contributed by atoms with Gasteiger partial charge in [-0.2, -0.15) is 0 Å². The number of methoxy groups -OCH3 is 1. The van der Waals surface area contributed by atoms with Crippen LogP contribution in [0.1, 0.15) is 18.1 Å². The first-order chi connectivity index (χ1) is 13.1. The van der Waals surface area contributed by atoms with Crippen LogP contribution in [0.3, 0.4) is 0 Å². The second-order valence-corrected chi connectivity index (χ2v) is 5.81. The van der Waals surface area contributed by atoms with E-state index in [0.717, 1.165) is 16.9 Å². The van der Waals surface area contributed by atoms with Gasteiger partial charge >= 0.3 is 0 Å². The molecule has 0 spiro atoms. The van der Waals surface area contributed by atoms with Crippen LogP contribution in [0.25, 0.3) is 6.08 Å². The van der Waals surface area contributed by atoms with Crippen molar-refractivity contribution >= 4 is 17.9 Å². The van der Waals surface area contributed by atoms with E-state index in [9.17, 15) is 9.59 Å². The number of hydrogen-bond donors (Lipinski definition) is 1. The van der Waals surface area contributed by atoms with Gasteiger partial charge in [-0.05, 0) is 36.3 Å². The normalized spacial score (nSPS) is 11.4. The molecule has 0 unspecified atom stereocenters. The van der Waals surface area contributed by atoms with Crippen molar-refractivity contribution in [2.45, 2.75) is 13.5 Å². The third-order valence-electron chi connectivity index (χ3n) is 3.76. The van der Waals surface area contributed by atoms with Crippen molar-refractivity contribution in [1.82, 2.24) is 5.32 Å². The molecule has 0 heterocycles. The van der Waals surface area contributed by atoms with E-state index in [0.29, 0.717) is 12.2 Å². The van der Waals surface area contributed by atoms with E-state index in [-0.39, 0.29) is 6.61 Å². The Morgan fingerprint density at radius 1 is 1.04 bits per heavy atom. The number of benzene rings is 2. The molecule has 0 aliphatic rings. The Kier molecular flexibility index (Phi) is 8.00. The number of imide groups is 1. The third kappa shape index (κ3) is 7.30. The van der Waals surface area contributed by atoms with Gasteiger partial charge in [-0.1, -0.05) is 48.5 Å². The van der Waals surface area contributed by atoms with Gasteiger partial charge in [0.25, 0.3) is 11.8 Å². The monoisotopic (exact) mass is 365 g/mol. The molecule has 5 nitrogen and oxygen atoms in total. The lowest BCUT2D eigenvalue weighted by atomic mass is 10.2. The maximum atomic E-state index is 12.0. The van der Waals surface area contributed by atoms with Crippen molar-refractivity contribution in [2.75, 3.05) is 13.7 Å². The molecule has 2 aromatic carbocycles. The van der Waals surface area contributed by atoms with Crippen LogP contribution in [0.4, 0.5) is 0 Å². The minimum absolute atomic E-state index is 0.277. The largest absolute Gasteiger partial charge is 0.497 e. The Morgan fingerprint density at radius 3 is 2.41 bits per heavy atom. The fourth-order valence-corrected chi connectivity index (χ4v) is 2.16. The molecule has 140 valence electrons. The van der Waals surface area contributed by atoms with Gasteiger partial charge in [-0.15, -0.1) is 0 Å². The summed E-state index contributed by atoms with van der Waals surface area (Å²) in [6.45, 7) is 2.34. The smallest absolute Gasteiger partial charge is 0.253 e. The zero-order valence-corrected chi connectivity index (χ0v) is 15.5. The summed E-state index contributed by atoms with van der Waals surface area (Å²) in [5.74, 6) is -0.112. The van der Waals surface area contributed by atoms with Crippen LogP contribution in [0.15, 0.2) is 72.3 Å². The first-order valence-electron chi connectivity index (χ1n) is 8.54. The zero-order chi connectivity index (χ0) is 19.5. The molecule has 2 aromatic rings. The van der Waals surface area contributed by atoms with Crippen LogP contribution < -0.4 is 10.1 Å². The molecule has 0 saturated heterocycles. The summed E-state index contributed by atoms with van der Waals surface area (Å²) in [6, 6.07) is 17.0. The van der Waals surface area contributed by atoms with E-state index < -0.39 is 11.8 Å². The second kappa shape index (κ2) is 10.7. The highest BCUT2D eigenvalue weighted by molar-refractivity contribution is 6.08. The molecular formula is C22H23NO4. The summed E-state index contributed by atoms with van der Waals surface area (Å²) < 4.78 is 10.6. The minimum Gasteiger partial charge on any atom is -0.497 e. The van der Waals surface area contributed by atoms with Gasteiger partial charge in [-0.3, -0.25) is 14.9 Å². The van der Waals surface area contributed by atoms with Crippen molar-refractivity contribution in [3.63, 3.8) is 0 Å². The minimum atomic E-state index is -0.462. The molecule has 0 radical (unpaired) electrons. The predicted molar refractivity (Wildman–Crippen MR) is 105 cm³/mol. The molecule has 0 aliphatic heterocycles. The highest BCUT2D eigenvalue weighted by Gasteiger charge is 2.07. The Morgan fingerprint density at radius 2 is 1.74 bits per heavy atom. The lowest BCUT2D eigenvalue weighted by molar-refractivity contribution is -0.125. The van der Waals surface area contributed by atoms with Crippen molar-refractivity contribution in [1.29, 1.82) is 0 Å². The van der Waals surface area contributed by atoms with Gasteiger partial charge in [0, 0.05) is 11.6 Å². The number of nitrogens with one attached hydrogen (secondary N) is 1. The molecule has 0 fully saturated rings.